The minimum absolute atomic E-state index is 0.0383. The van der Waals surface area contributed by atoms with Crippen LogP contribution in [0.25, 0.3) is 0 Å². The summed E-state index contributed by atoms with van der Waals surface area (Å²) in [5, 5.41) is 0.913. The molecule has 1 aromatic rings. The van der Waals surface area contributed by atoms with Crippen molar-refractivity contribution in [1.82, 2.24) is 4.90 Å². The van der Waals surface area contributed by atoms with Gasteiger partial charge in [-0.05, 0) is 43.9 Å². The number of alkyl halides is 1. The number of methoxy groups -OCH3 is 2. The van der Waals surface area contributed by atoms with Crippen LogP contribution >= 0.6 is 15.9 Å². The number of amides is 1. The van der Waals surface area contributed by atoms with Crippen LogP contribution in [0.1, 0.15) is 36.0 Å². The highest BCUT2D eigenvalue weighted by molar-refractivity contribution is 9.09. The van der Waals surface area contributed by atoms with Crippen molar-refractivity contribution in [1.29, 1.82) is 0 Å². The van der Waals surface area contributed by atoms with E-state index in [2.05, 4.69) is 15.9 Å². The summed E-state index contributed by atoms with van der Waals surface area (Å²) in [5.74, 6) is 1.31. The summed E-state index contributed by atoms with van der Waals surface area (Å²) in [6.07, 6.45) is 4.31. The average Bonchev–Trinajstić information content (AvgIpc) is 2.54. The molecule has 0 aromatic heterocycles. The van der Waals surface area contributed by atoms with Crippen molar-refractivity contribution in [2.45, 2.75) is 31.7 Å². The van der Waals surface area contributed by atoms with Crippen LogP contribution in [-0.4, -0.2) is 42.9 Å². The van der Waals surface area contributed by atoms with Gasteiger partial charge >= 0.3 is 0 Å². The molecule has 0 saturated carbocycles. The lowest BCUT2D eigenvalue weighted by atomic mass is 9.98. The van der Waals surface area contributed by atoms with E-state index >= 15 is 0 Å². The van der Waals surface area contributed by atoms with Crippen molar-refractivity contribution in [3.05, 3.63) is 23.8 Å². The average molecular weight is 356 g/mol. The first-order valence-corrected chi connectivity index (χ1v) is 8.42. The Kier molecular flexibility index (Phi) is 5.91. The Balaban J connectivity index is 2.28. The number of rotatable bonds is 5. The molecule has 1 saturated heterocycles. The lowest BCUT2D eigenvalue weighted by Gasteiger charge is -2.36. The van der Waals surface area contributed by atoms with E-state index in [1.54, 1.807) is 26.4 Å². The molecule has 1 fully saturated rings. The second-order valence-electron chi connectivity index (χ2n) is 5.19. The Morgan fingerprint density at radius 1 is 1.33 bits per heavy atom. The third kappa shape index (κ3) is 3.70. The van der Waals surface area contributed by atoms with Gasteiger partial charge in [-0.25, -0.2) is 0 Å². The van der Waals surface area contributed by atoms with Gasteiger partial charge in [0.2, 0.25) is 0 Å². The lowest BCUT2D eigenvalue weighted by molar-refractivity contribution is 0.0606. The zero-order chi connectivity index (χ0) is 15.2. The first kappa shape index (κ1) is 16.1. The van der Waals surface area contributed by atoms with Gasteiger partial charge in [0.15, 0.2) is 0 Å². The maximum atomic E-state index is 12.9. The van der Waals surface area contributed by atoms with Crippen LogP contribution in [0, 0.1) is 0 Å². The van der Waals surface area contributed by atoms with Crippen LogP contribution in [0.15, 0.2) is 18.2 Å². The molecule has 1 atom stereocenters. The summed E-state index contributed by atoms with van der Waals surface area (Å²) in [6.45, 7) is 0.816. The summed E-state index contributed by atoms with van der Waals surface area (Å²) in [6, 6.07) is 5.67. The fraction of sp³-hybridized carbons (Fsp3) is 0.562. The fourth-order valence-electron chi connectivity index (χ4n) is 2.83. The van der Waals surface area contributed by atoms with Gasteiger partial charge in [0.1, 0.15) is 11.5 Å². The summed E-state index contributed by atoms with van der Waals surface area (Å²) >= 11 is 3.49. The predicted molar refractivity (Wildman–Crippen MR) is 86.6 cm³/mol. The lowest BCUT2D eigenvalue weighted by Crippen LogP contribution is -2.44. The van der Waals surface area contributed by atoms with Gasteiger partial charge in [-0.15, -0.1) is 0 Å². The molecule has 5 heteroatoms. The molecule has 1 aromatic carbocycles. The first-order chi connectivity index (χ1) is 10.2. The molecule has 1 aliphatic heterocycles. The second-order valence-corrected chi connectivity index (χ2v) is 5.99. The Hall–Kier alpha value is -1.23. The number of benzene rings is 1. The van der Waals surface area contributed by atoms with Crippen LogP contribution in [-0.2, 0) is 0 Å². The zero-order valence-corrected chi connectivity index (χ0v) is 14.2. The van der Waals surface area contributed by atoms with E-state index in [1.165, 1.54) is 6.42 Å². The SMILES string of the molecule is COc1ccc(OC)c(C(=O)N2CCCCC2CCBr)c1. The van der Waals surface area contributed by atoms with Gasteiger partial charge in [0.25, 0.3) is 5.91 Å². The van der Waals surface area contributed by atoms with Crippen molar-refractivity contribution in [2.75, 3.05) is 26.1 Å². The van der Waals surface area contributed by atoms with E-state index in [4.69, 9.17) is 9.47 Å². The second kappa shape index (κ2) is 7.69. The van der Waals surface area contributed by atoms with Gasteiger partial charge < -0.3 is 14.4 Å². The number of likely N-dealkylation sites (tertiary alicyclic amines) is 1. The molecular weight excluding hydrogens is 334 g/mol. The summed E-state index contributed by atoms with van der Waals surface area (Å²) in [5.41, 5.74) is 0.582. The number of ether oxygens (including phenoxy) is 2. The number of carbonyl (C=O) groups excluding carboxylic acids is 1. The molecule has 1 unspecified atom stereocenters. The molecule has 0 aliphatic carbocycles. The topological polar surface area (TPSA) is 38.8 Å². The molecule has 0 spiro atoms. The largest absolute Gasteiger partial charge is 0.497 e. The number of nitrogens with zero attached hydrogens (tertiary/aromatic N) is 1. The molecule has 1 aliphatic rings. The highest BCUT2D eigenvalue weighted by Crippen LogP contribution is 2.29. The van der Waals surface area contributed by atoms with Gasteiger partial charge in [-0.3, -0.25) is 4.79 Å². The minimum Gasteiger partial charge on any atom is -0.497 e. The normalized spacial score (nSPS) is 18.4. The van der Waals surface area contributed by atoms with E-state index < -0.39 is 0 Å². The van der Waals surface area contributed by atoms with Crippen LogP contribution in [0.4, 0.5) is 0 Å². The van der Waals surface area contributed by atoms with E-state index in [1.807, 2.05) is 11.0 Å². The van der Waals surface area contributed by atoms with E-state index in [-0.39, 0.29) is 5.91 Å². The minimum atomic E-state index is 0.0383. The van der Waals surface area contributed by atoms with Crippen LogP contribution in [0.2, 0.25) is 0 Å². The first-order valence-electron chi connectivity index (χ1n) is 7.30. The molecular formula is C16H22BrNO3. The molecule has 0 N–H and O–H groups in total. The van der Waals surface area contributed by atoms with Crippen molar-refractivity contribution < 1.29 is 14.3 Å². The third-order valence-corrected chi connectivity index (χ3v) is 4.43. The van der Waals surface area contributed by atoms with Gasteiger partial charge in [0, 0.05) is 17.9 Å². The predicted octanol–water partition coefficient (Wildman–Crippen LogP) is 3.48. The molecule has 116 valence electrons. The van der Waals surface area contributed by atoms with Crippen molar-refractivity contribution in [3.63, 3.8) is 0 Å². The van der Waals surface area contributed by atoms with Crippen LogP contribution in [0.5, 0.6) is 11.5 Å². The van der Waals surface area contributed by atoms with E-state index in [9.17, 15) is 4.79 Å². The van der Waals surface area contributed by atoms with Crippen molar-refractivity contribution >= 4 is 21.8 Å². The molecule has 1 heterocycles. The Bertz CT molecular complexity index is 490. The number of piperidine rings is 1. The van der Waals surface area contributed by atoms with Gasteiger partial charge in [-0.1, -0.05) is 15.9 Å². The highest BCUT2D eigenvalue weighted by atomic mass is 79.9. The van der Waals surface area contributed by atoms with E-state index in [0.717, 1.165) is 31.1 Å². The van der Waals surface area contributed by atoms with Crippen molar-refractivity contribution in [3.8, 4) is 11.5 Å². The number of halogens is 1. The standard InChI is InChI=1S/C16H22BrNO3/c1-20-13-6-7-15(21-2)14(11-13)16(19)18-10-4-3-5-12(18)8-9-17/h6-7,11-12H,3-5,8-10H2,1-2H3. The highest BCUT2D eigenvalue weighted by Gasteiger charge is 2.28. The number of hydrogen-bond acceptors (Lipinski definition) is 3. The maximum Gasteiger partial charge on any atom is 0.258 e. The molecule has 4 nitrogen and oxygen atoms in total. The molecule has 21 heavy (non-hydrogen) atoms. The smallest absolute Gasteiger partial charge is 0.258 e. The van der Waals surface area contributed by atoms with Gasteiger partial charge in [0.05, 0.1) is 19.8 Å². The summed E-state index contributed by atoms with van der Waals surface area (Å²) in [7, 11) is 3.19. The van der Waals surface area contributed by atoms with Gasteiger partial charge in [-0.2, -0.15) is 0 Å². The monoisotopic (exact) mass is 355 g/mol. The molecule has 1 amide bonds. The third-order valence-electron chi connectivity index (χ3n) is 3.97. The fourth-order valence-corrected chi connectivity index (χ4v) is 3.36. The van der Waals surface area contributed by atoms with Crippen LogP contribution < -0.4 is 9.47 Å². The Morgan fingerprint density at radius 2 is 2.14 bits per heavy atom. The Morgan fingerprint density at radius 3 is 2.81 bits per heavy atom. The summed E-state index contributed by atoms with van der Waals surface area (Å²) < 4.78 is 10.6. The zero-order valence-electron chi connectivity index (χ0n) is 12.6. The van der Waals surface area contributed by atoms with Crippen LogP contribution in [0.3, 0.4) is 0 Å². The quantitative estimate of drug-likeness (QED) is 0.759. The molecule has 2 rings (SSSR count). The Labute approximate surface area is 134 Å². The molecule has 0 bridgehead atoms. The summed E-state index contributed by atoms with van der Waals surface area (Å²) in [4.78, 5) is 14.9. The number of hydrogen-bond donors (Lipinski definition) is 0. The van der Waals surface area contributed by atoms with Crippen molar-refractivity contribution in [2.24, 2.45) is 0 Å². The number of carbonyl (C=O) groups is 1. The maximum absolute atomic E-state index is 12.9. The molecule has 0 radical (unpaired) electrons. The van der Waals surface area contributed by atoms with E-state index in [0.29, 0.717) is 23.1 Å².